The van der Waals surface area contributed by atoms with Crippen LogP contribution < -0.4 is 9.64 Å². The number of hydrogen-bond acceptors (Lipinski definition) is 4. The second-order valence-electron chi connectivity index (χ2n) is 6.79. The van der Waals surface area contributed by atoms with E-state index in [4.69, 9.17) is 14.2 Å². The molecule has 1 saturated heterocycles. The monoisotopic (exact) mass is 365 g/mol. The topological polar surface area (TPSA) is 48.0 Å². The number of rotatable bonds is 5. The van der Waals surface area contributed by atoms with Crippen LogP contribution >= 0.6 is 0 Å². The third kappa shape index (κ3) is 3.03. The molecular formula is C22H23NO4. The molecule has 0 unspecified atom stereocenters. The third-order valence-electron chi connectivity index (χ3n) is 4.88. The fourth-order valence-corrected chi connectivity index (χ4v) is 3.61. The van der Waals surface area contributed by atoms with Crippen LogP contribution in [0.5, 0.6) is 5.75 Å². The lowest BCUT2D eigenvalue weighted by molar-refractivity contribution is -0.256. The van der Waals surface area contributed by atoms with E-state index in [0.717, 1.165) is 34.5 Å². The molecule has 1 amide bonds. The van der Waals surface area contributed by atoms with Crippen LogP contribution in [0, 0.1) is 6.92 Å². The summed E-state index contributed by atoms with van der Waals surface area (Å²) in [6, 6.07) is 13.7. The number of nitrogens with zero attached hydrogens (tertiary/aromatic N) is 1. The molecule has 1 fully saturated rings. The van der Waals surface area contributed by atoms with Crippen molar-refractivity contribution in [1.29, 1.82) is 0 Å². The summed E-state index contributed by atoms with van der Waals surface area (Å²) in [4.78, 5) is 15.1. The van der Waals surface area contributed by atoms with Crippen LogP contribution in [0.4, 0.5) is 5.69 Å². The maximum absolute atomic E-state index is 13.4. The first-order valence-corrected chi connectivity index (χ1v) is 9.18. The fraction of sp³-hybridized carbons (Fsp3) is 0.318. The molecular weight excluding hydrogens is 342 g/mol. The van der Waals surface area contributed by atoms with E-state index in [0.29, 0.717) is 26.4 Å². The van der Waals surface area contributed by atoms with Crippen LogP contribution in [0.2, 0.25) is 0 Å². The van der Waals surface area contributed by atoms with Crippen molar-refractivity contribution in [3.63, 3.8) is 0 Å². The van der Waals surface area contributed by atoms with Gasteiger partial charge in [-0.1, -0.05) is 42.5 Å². The van der Waals surface area contributed by atoms with Crippen molar-refractivity contribution in [3.05, 3.63) is 71.8 Å². The van der Waals surface area contributed by atoms with Crippen molar-refractivity contribution in [2.75, 3.05) is 24.7 Å². The number of hydrogen-bond donors (Lipinski definition) is 0. The Hall–Kier alpha value is -2.63. The summed E-state index contributed by atoms with van der Waals surface area (Å²) in [5.41, 5.74) is 3.60. The second-order valence-corrected chi connectivity index (χ2v) is 6.79. The zero-order valence-corrected chi connectivity index (χ0v) is 15.4. The van der Waals surface area contributed by atoms with Gasteiger partial charge in [0.15, 0.2) is 0 Å². The molecule has 2 aromatic rings. The molecule has 140 valence electrons. The number of amides is 1. The van der Waals surface area contributed by atoms with Gasteiger partial charge in [-0.3, -0.25) is 4.79 Å². The van der Waals surface area contributed by atoms with E-state index in [-0.39, 0.29) is 5.91 Å². The van der Waals surface area contributed by atoms with E-state index in [1.165, 1.54) is 0 Å². The molecule has 0 aliphatic carbocycles. The summed E-state index contributed by atoms with van der Waals surface area (Å²) in [5, 5.41) is 0. The van der Waals surface area contributed by atoms with Gasteiger partial charge in [0.1, 0.15) is 12.4 Å². The maximum Gasteiger partial charge on any atom is 0.292 e. The van der Waals surface area contributed by atoms with Crippen molar-refractivity contribution < 1.29 is 19.0 Å². The smallest absolute Gasteiger partial charge is 0.292 e. The highest BCUT2D eigenvalue weighted by Crippen LogP contribution is 2.46. The van der Waals surface area contributed by atoms with Crippen LogP contribution in [-0.4, -0.2) is 25.7 Å². The zero-order chi connectivity index (χ0) is 18.9. The van der Waals surface area contributed by atoms with E-state index in [2.05, 4.69) is 6.58 Å². The molecule has 0 aromatic heterocycles. The van der Waals surface area contributed by atoms with E-state index in [9.17, 15) is 4.79 Å². The van der Waals surface area contributed by atoms with E-state index >= 15 is 0 Å². The first-order valence-electron chi connectivity index (χ1n) is 9.18. The average Bonchev–Trinajstić information content (AvgIpc) is 2.90. The summed E-state index contributed by atoms with van der Waals surface area (Å²) in [6.45, 7) is 7.51. The standard InChI is InChI=1S/C22H23NO4/c1-3-11-25-20-8-5-4-7-17(20)15-23-19-10-9-16(2)14-18(19)22(21(23)24)26-12-6-13-27-22/h3-5,7-10,14H,1,6,11-13,15H2,2H3. The molecule has 4 rings (SSSR count). The summed E-state index contributed by atoms with van der Waals surface area (Å²) in [6.07, 6.45) is 2.49. The molecule has 1 spiro atoms. The Labute approximate surface area is 159 Å². The van der Waals surface area contributed by atoms with Crippen LogP contribution in [-0.2, 0) is 26.6 Å². The summed E-state index contributed by atoms with van der Waals surface area (Å²) >= 11 is 0. The summed E-state index contributed by atoms with van der Waals surface area (Å²) in [5.74, 6) is -0.761. The van der Waals surface area contributed by atoms with Crippen molar-refractivity contribution in [1.82, 2.24) is 0 Å². The van der Waals surface area contributed by atoms with Crippen LogP contribution in [0.25, 0.3) is 0 Å². The molecule has 2 aliphatic rings. The highest BCUT2D eigenvalue weighted by molar-refractivity contribution is 6.06. The Bertz CT molecular complexity index is 870. The summed E-state index contributed by atoms with van der Waals surface area (Å²) < 4.78 is 17.6. The van der Waals surface area contributed by atoms with Crippen LogP contribution in [0.15, 0.2) is 55.1 Å². The van der Waals surface area contributed by atoms with Crippen molar-refractivity contribution >= 4 is 11.6 Å². The van der Waals surface area contributed by atoms with Gasteiger partial charge in [-0.15, -0.1) is 0 Å². The van der Waals surface area contributed by atoms with E-state index in [1.54, 1.807) is 11.0 Å². The number of aryl methyl sites for hydroxylation is 1. The molecule has 5 nitrogen and oxygen atoms in total. The highest BCUT2D eigenvalue weighted by atomic mass is 16.7. The van der Waals surface area contributed by atoms with Gasteiger partial charge >= 0.3 is 0 Å². The molecule has 2 aliphatic heterocycles. The third-order valence-corrected chi connectivity index (χ3v) is 4.88. The minimum Gasteiger partial charge on any atom is -0.489 e. The van der Waals surface area contributed by atoms with Crippen molar-refractivity contribution in [3.8, 4) is 5.75 Å². The van der Waals surface area contributed by atoms with Gasteiger partial charge < -0.3 is 19.1 Å². The Balaban J connectivity index is 1.72. The lowest BCUT2D eigenvalue weighted by Gasteiger charge is -2.32. The number of benzene rings is 2. The number of carbonyl (C=O) groups excluding carboxylic acids is 1. The molecule has 0 N–H and O–H groups in total. The maximum atomic E-state index is 13.4. The van der Waals surface area contributed by atoms with Gasteiger partial charge in [0.05, 0.1) is 25.4 Å². The number of para-hydroxylation sites is 1. The van der Waals surface area contributed by atoms with Gasteiger partial charge in [-0.05, 0) is 31.5 Å². The lowest BCUT2D eigenvalue weighted by atomic mass is 10.0. The predicted molar refractivity (Wildman–Crippen MR) is 103 cm³/mol. The van der Waals surface area contributed by atoms with Gasteiger partial charge in [0.25, 0.3) is 11.7 Å². The first kappa shape index (κ1) is 17.8. The molecule has 2 aromatic carbocycles. The largest absolute Gasteiger partial charge is 0.489 e. The highest BCUT2D eigenvalue weighted by Gasteiger charge is 2.54. The number of ether oxygens (including phenoxy) is 3. The Kier molecular flexibility index (Phi) is 4.72. The SMILES string of the molecule is C=CCOc1ccccc1CN1C(=O)C2(OCCCO2)c2cc(C)ccc21. The van der Waals surface area contributed by atoms with Crippen molar-refractivity contribution in [2.24, 2.45) is 0 Å². The molecule has 0 bridgehead atoms. The molecule has 0 radical (unpaired) electrons. The number of fused-ring (bicyclic) bond motifs is 2. The summed E-state index contributed by atoms with van der Waals surface area (Å²) in [7, 11) is 0. The Morgan fingerprint density at radius 1 is 1.22 bits per heavy atom. The van der Waals surface area contributed by atoms with E-state index in [1.807, 2.05) is 49.4 Å². The first-order chi connectivity index (χ1) is 13.2. The quantitative estimate of drug-likeness (QED) is 0.758. The van der Waals surface area contributed by atoms with Gasteiger partial charge in [0, 0.05) is 11.1 Å². The van der Waals surface area contributed by atoms with Crippen molar-refractivity contribution in [2.45, 2.75) is 25.7 Å². The molecule has 0 atom stereocenters. The molecule has 0 saturated carbocycles. The van der Waals surface area contributed by atoms with Gasteiger partial charge in [0.2, 0.25) is 0 Å². The normalized spacial score (nSPS) is 17.8. The molecule has 5 heteroatoms. The zero-order valence-electron chi connectivity index (χ0n) is 15.4. The lowest BCUT2D eigenvalue weighted by Crippen LogP contribution is -2.47. The van der Waals surface area contributed by atoms with Gasteiger partial charge in [-0.2, -0.15) is 0 Å². The second kappa shape index (κ2) is 7.18. The average molecular weight is 365 g/mol. The minimum absolute atomic E-state index is 0.179. The number of anilines is 1. The molecule has 27 heavy (non-hydrogen) atoms. The fourth-order valence-electron chi connectivity index (χ4n) is 3.61. The predicted octanol–water partition coefficient (Wildman–Crippen LogP) is 3.70. The molecule has 2 heterocycles. The van der Waals surface area contributed by atoms with Crippen LogP contribution in [0.1, 0.15) is 23.1 Å². The number of carbonyl (C=O) groups is 1. The minimum atomic E-state index is -1.32. The van der Waals surface area contributed by atoms with Crippen LogP contribution in [0.3, 0.4) is 0 Å². The Morgan fingerprint density at radius 2 is 2.00 bits per heavy atom. The van der Waals surface area contributed by atoms with Gasteiger partial charge in [-0.25, -0.2) is 0 Å². The van der Waals surface area contributed by atoms with E-state index < -0.39 is 5.79 Å². The Morgan fingerprint density at radius 3 is 2.78 bits per heavy atom.